The van der Waals surface area contributed by atoms with Crippen LogP contribution in [0.1, 0.15) is 40.7 Å². The molecule has 5 heteroatoms. The van der Waals surface area contributed by atoms with Gasteiger partial charge >= 0.3 is 11.9 Å². The van der Waals surface area contributed by atoms with Crippen LogP contribution >= 0.6 is 0 Å². The predicted molar refractivity (Wildman–Crippen MR) is 82.2 cm³/mol. The summed E-state index contributed by atoms with van der Waals surface area (Å²) in [5.74, 6) is -0.973. The fraction of sp³-hybridized carbons (Fsp3) is 0.412. The number of carbonyl (C=O) groups is 2. The number of anilines is 1. The molecule has 0 radical (unpaired) electrons. The van der Waals surface area contributed by atoms with E-state index in [9.17, 15) is 14.7 Å². The molecule has 1 aromatic carbocycles. The molecule has 0 saturated carbocycles. The number of allylic oxidation sites excluding steroid dienone is 2. The summed E-state index contributed by atoms with van der Waals surface area (Å²) in [5, 5.41) is 12.5. The zero-order chi connectivity index (χ0) is 15.9. The number of ether oxygens (including phenoxy) is 1. The lowest BCUT2D eigenvalue weighted by atomic mass is 9.78. The van der Waals surface area contributed by atoms with E-state index < -0.39 is 12.0 Å². The standard InChI is InChI=1S/C17H19NO4/c1-3-22-17(21)15-12-6-4-5-11(12)13-8-7-10(16(19)20)9(2)14(13)18-15/h4-5,7-8,11-12,15,18H,3,6H2,1-2H3,(H,19,20)/t11-,12+,15-/m1/s1. The van der Waals surface area contributed by atoms with E-state index in [0.29, 0.717) is 12.2 Å². The van der Waals surface area contributed by atoms with E-state index in [1.54, 1.807) is 19.9 Å². The number of hydrogen-bond acceptors (Lipinski definition) is 4. The Labute approximate surface area is 129 Å². The third kappa shape index (κ3) is 2.17. The molecule has 22 heavy (non-hydrogen) atoms. The van der Waals surface area contributed by atoms with Crippen molar-refractivity contribution in [3.05, 3.63) is 41.0 Å². The van der Waals surface area contributed by atoms with Gasteiger partial charge in [-0.2, -0.15) is 0 Å². The summed E-state index contributed by atoms with van der Waals surface area (Å²) in [6.45, 7) is 3.90. The van der Waals surface area contributed by atoms with Gasteiger partial charge < -0.3 is 15.2 Å². The molecular weight excluding hydrogens is 282 g/mol. The van der Waals surface area contributed by atoms with Gasteiger partial charge in [0, 0.05) is 17.5 Å². The molecule has 1 aromatic rings. The molecule has 1 heterocycles. The molecule has 0 saturated heterocycles. The van der Waals surface area contributed by atoms with Crippen LogP contribution in [0.4, 0.5) is 5.69 Å². The summed E-state index contributed by atoms with van der Waals surface area (Å²) in [4.78, 5) is 23.6. The summed E-state index contributed by atoms with van der Waals surface area (Å²) in [6.07, 6.45) is 5.01. The molecule has 3 atom stereocenters. The van der Waals surface area contributed by atoms with Crippen LogP contribution in [-0.2, 0) is 9.53 Å². The van der Waals surface area contributed by atoms with Crippen molar-refractivity contribution < 1.29 is 19.4 Å². The van der Waals surface area contributed by atoms with Crippen LogP contribution in [0.2, 0.25) is 0 Å². The Morgan fingerprint density at radius 3 is 2.86 bits per heavy atom. The summed E-state index contributed by atoms with van der Waals surface area (Å²) in [7, 11) is 0. The highest BCUT2D eigenvalue weighted by Gasteiger charge is 2.42. The zero-order valence-corrected chi connectivity index (χ0v) is 12.6. The number of carboxylic acid groups (broad SMARTS) is 1. The number of hydrogen-bond donors (Lipinski definition) is 2. The number of benzene rings is 1. The molecule has 0 spiro atoms. The minimum absolute atomic E-state index is 0.127. The Hall–Kier alpha value is -2.30. The molecule has 0 amide bonds. The van der Waals surface area contributed by atoms with Gasteiger partial charge in [-0.15, -0.1) is 0 Å². The van der Waals surface area contributed by atoms with Crippen LogP contribution in [0.3, 0.4) is 0 Å². The smallest absolute Gasteiger partial charge is 0.336 e. The summed E-state index contributed by atoms with van der Waals surface area (Å²) in [5.41, 5.74) is 2.74. The Morgan fingerprint density at radius 1 is 1.41 bits per heavy atom. The summed E-state index contributed by atoms with van der Waals surface area (Å²) >= 11 is 0. The van der Waals surface area contributed by atoms with Gasteiger partial charge in [-0.05, 0) is 37.5 Å². The van der Waals surface area contributed by atoms with Crippen LogP contribution in [-0.4, -0.2) is 29.7 Å². The normalized spacial score (nSPS) is 25.1. The van der Waals surface area contributed by atoms with Gasteiger partial charge in [0.25, 0.3) is 0 Å². The van der Waals surface area contributed by atoms with Crippen molar-refractivity contribution in [3.8, 4) is 0 Å². The van der Waals surface area contributed by atoms with Crippen LogP contribution in [0, 0.1) is 12.8 Å². The SMILES string of the molecule is CCOC(=O)[C@@H]1Nc2c(ccc(C(=O)O)c2C)[C@@H]2C=CC[C@H]12. The monoisotopic (exact) mass is 301 g/mol. The Bertz CT molecular complexity index is 665. The average molecular weight is 301 g/mol. The molecule has 0 unspecified atom stereocenters. The second-order valence-corrected chi connectivity index (χ2v) is 5.74. The maximum absolute atomic E-state index is 12.3. The van der Waals surface area contributed by atoms with Crippen molar-refractivity contribution in [3.63, 3.8) is 0 Å². The van der Waals surface area contributed by atoms with Gasteiger partial charge in [-0.3, -0.25) is 0 Å². The van der Waals surface area contributed by atoms with Crippen molar-refractivity contribution >= 4 is 17.6 Å². The van der Waals surface area contributed by atoms with Crippen molar-refractivity contribution in [2.24, 2.45) is 5.92 Å². The molecular formula is C17H19NO4. The van der Waals surface area contributed by atoms with E-state index in [1.165, 1.54) is 0 Å². The molecule has 2 N–H and O–H groups in total. The van der Waals surface area contributed by atoms with Gasteiger partial charge in [0.1, 0.15) is 6.04 Å². The van der Waals surface area contributed by atoms with Gasteiger partial charge in [-0.1, -0.05) is 18.2 Å². The second-order valence-electron chi connectivity index (χ2n) is 5.74. The zero-order valence-electron chi connectivity index (χ0n) is 12.6. The number of fused-ring (bicyclic) bond motifs is 3. The molecule has 0 bridgehead atoms. The molecule has 0 fully saturated rings. The van der Waals surface area contributed by atoms with E-state index >= 15 is 0 Å². The van der Waals surface area contributed by atoms with Crippen molar-refractivity contribution in [1.29, 1.82) is 0 Å². The number of carboxylic acids is 1. The molecule has 1 aliphatic heterocycles. The van der Waals surface area contributed by atoms with Crippen LogP contribution in [0.5, 0.6) is 0 Å². The number of rotatable bonds is 3. The lowest BCUT2D eigenvalue weighted by Gasteiger charge is -2.36. The van der Waals surface area contributed by atoms with E-state index in [0.717, 1.165) is 17.7 Å². The first-order valence-corrected chi connectivity index (χ1v) is 7.51. The molecule has 3 rings (SSSR count). The van der Waals surface area contributed by atoms with Gasteiger partial charge in [-0.25, -0.2) is 9.59 Å². The Kier molecular flexibility index (Phi) is 3.64. The Balaban J connectivity index is 2.06. The second kappa shape index (κ2) is 5.48. The van der Waals surface area contributed by atoms with Gasteiger partial charge in [0.2, 0.25) is 0 Å². The van der Waals surface area contributed by atoms with Gasteiger partial charge in [0.15, 0.2) is 0 Å². The highest BCUT2D eigenvalue weighted by atomic mass is 16.5. The lowest BCUT2D eigenvalue weighted by Crippen LogP contribution is -2.43. The molecule has 5 nitrogen and oxygen atoms in total. The van der Waals surface area contributed by atoms with E-state index in [1.807, 2.05) is 6.07 Å². The quantitative estimate of drug-likeness (QED) is 0.663. The maximum Gasteiger partial charge on any atom is 0.336 e. The van der Waals surface area contributed by atoms with Crippen molar-refractivity contribution in [1.82, 2.24) is 0 Å². The van der Waals surface area contributed by atoms with Crippen molar-refractivity contribution in [2.75, 3.05) is 11.9 Å². The predicted octanol–water partition coefficient (Wildman–Crippen LogP) is 2.71. The first-order chi connectivity index (χ1) is 10.5. The average Bonchev–Trinajstić information content (AvgIpc) is 2.96. The molecule has 1 aliphatic carbocycles. The molecule has 116 valence electrons. The van der Waals surface area contributed by atoms with E-state index in [-0.39, 0.29) is 23.4 Å². The van der Waals surface area contributed by atoms with E-state index in [2.05, 4.69) is 17.5 Å². The third-order valence-corrected chi connectivity index (χ3v) is 4.57. The highest BCUT2D eigenvalue weighted by Crippen LogP contribution is 2.46. The minimum atomic E-state index is -0.959. The number of esters is 1. The number of carbonyl (C=O) groups excluding carboxylic acids is 1. The van der Waals surface area contributed by atoms with Crippen molar-refractivity contribution in [2.45, 2.75) is 32.2 Å². The lowest BCUT2D eigenvalue weighted by molar-refractivity contribution is -0.145. The summed E-state index contributed by atoms with van der Waals surface area (Å²) < 4.78 is 5.18. The molecule has 2 aliphatic rings. The van der Waals surface area contributed by atoms with Gasteiger partial charge in [0.05, 0.1) is 12.2 Å². The van der Waals surface area contributed by atoms with Crippen LogP contribution in [0.15, 0.2) is 24.3 Å². The van der Waals surface area contributed by atoms with E-state index in [4.69, 9.17) is 4.74 Å². The minimum Gasteiger partial charge on any atom is -0.478 e. The first kappa shape index (κ1) is 14.6. The largest absolute Gasteiger partial charge is 0.478 e. The molecule has 0 aromatic heterocycles. The number of aromatic carboxylic acids is 1. The highest BCUT2D eigenvalue weighted by molar-refractivity contribution is 5.93. The fourth-order valence-electron chi connectivity index (χ4n) is 3.51. The van der Waals surface area contributed by atoms with Crippen LogP contribution < -0.4 is 5.32 Å². The van der Waals surface area contributed by atoms with Crippen LogP contribution in [0.25, 0.3) is 0 Å². The maximum atomic E-state index is 12.3. The third-order valence-electron chi connectivity index (χ3n) is 4.57. The number of nitrogens with one attached hydrogen (secondary N) is 1. The topological polar surface area (TPSA) is 75.6 Å². The Morgan fingerprint density at radius 2 is 2.18 bits per heavy atom. The summed E-state index contributed by atoms with van der Waals surface area (Å²) in [6, 6.07) is 3.06. The first-order valence-electron chi connectivity index (χ1n) is 7.51. The fourth-order valence-corrected chi connectivity index (χ4v) is 3.51.